The van der Waals surface area contributed by atoms with Crippen molar-refractivity contribution in [2.75, 3.05) is 0 Å². The first-order valence-electron chi connectivity index (χ1n) is 3.20. The first-order chi connectivity index (χ1) is 6.15. The van der Waals surface area contributed by atoms with Crippen molar-refractivity contribution < 1.29 is 4.39 Å². The van der Waals surface area contributed by atoms with Crippen LogP contribution in [0.1, 0.15) is 5.56 Å². The summed E-state index contributed by atoms with van der Waals surface area (Å²) in [6.07, 6.45) is 0. The van der Waals surface area contributed by atoms with Gasteiger partial charge >= 0.3 is 0 Å². The summed E-state index contributed by atoms with van der Waals surface area (Å²) < 4.78 is 13.6. The zero-order chi connectivity index (χ0) is 9.84. The fraction of sp³-hybridized carbons (Fsp3) is 0. The van der Waals surface area contributed by atoms with Crippen LogP contribution < -0.4 is 0 Å². The maximum absolute atomic E-state index is 13.1. The summed E-state index contributed by atoms with van der Waals surface area (Å²) in [6.45, 7) is 0. The van der Waals surface area contributed by atoms with Crippen LogP contribution in [0.5, 0.6) is 0 Å². The molecule has 0 atom stereocenters. The largest absolute Gasteiger partial charge is 0.206 e. The van der Waals surface area contributed by atoms with Gasteiger partial charge < -0.3 is 0 Å². The molecule has 0 heterocycles. The maximum Gasteiger partial charge on any atom is 0.152 e. The molecule has 13 heavy (non-hydrogen) atoms. The minimum absolute atomic E-state index is 0.144. The molecule has 4 heteroatoms. The minimum Gasteiger partial charge on any atom is -0.206 e. The van der Waals surface area contributed by atoms with Crippen LogP contribution in [0.25, 0.3) is 0 Å². The third-order valence-electron chi connectivity index (χ3n) is 1.25. The lowest BCUT2D eigenvalue weighted by Crippen LogP contribution is -1.85. The van der Waals surface area contributed by atoms with Crippen molar-refractivity contribution >= 4 is 27.5 Å². The van der Waals surface area contributed by atoms with E-state index in [1.54, 1.807) is 6.07 Å². The zero-order valence-electron chi connectivity index (χ0n) is 6.24. The molecular formula is C9H2BrClFN. The Morgan fingerprint density at radius 2 is 2.15 bits per heavy atom. The topological polar surface area (TPSA) is 23.8 Å². The second kappa shape index (κ2) is 4.28. The predicted molar refractivity (Wildman–Crippen MR) is 51.6 cm³/mol. The van der Waals surface area contributed by atoms with Crippen LogP contribution in [0.3, 0.4) is 0 Å². The summed E-state index contributed by atoms with van der Waals surface area (Å²) in [5.74, 6) is 3.93. The molecule has 1 aromatic carbocycles. The molecule has 0 bridgehead atoms. The fourth-order valence-corrected chi connectivity index (χ4v) is 1.62. The van der Waals surface area contributed by atoms with Crippen LogP contribution in [0.4, 0.5) is 4.39 Å². The Morgan fingerprint density at radius 1 is 1.46 bits per heavy atom. The maximum atomic E-state index is 13.1. The zero-order valence-corrected chi connectivity index (χ0v) is 8.58. The molecule has 0 aliphatic heterocycles. The molecule has 0 saturated heterocycles. The molecule has 0 aliphatic carbocycles. The van der Waals surface area contributed by atoms with E-state index >= 15 is 0 Å². The van der Waals surface area contributed by atoms with Crippen molar-refractivity contribution in [1.82, 2.24) is 0 Å². The first-order valence-corrected chi connectivity index (χ1v) is 4.37. The van der Waals surface area contributed by atoms with Crippen LogP contribution in [0.2, 0.25) is 5.02 Å². The van der Waals surface area contributed by atoms with Gasteiger partial charge in [0.1, 0.15) is 5.82 Å². The molecule has 0 fully saturated rings. The lowest BCUT2D eigenvalue weighted by Gasteiger charge is -1.98. The fourth-order valence-electron chi connectivity index (χ4n) is 0.752. The number of nitrogens with zero attached hydrogens (tertiary/aromatic N) is 1. The second-order valence-electron chi connectivity index (χ2n) is 2.11. The molecule has 64 valence electrons. The van der Waals surface area contributed by atoms with Gasteiger partial charge in [0.2, 0.25) is 0 Å². The van der Waals surface area contributed by atoms with Crippen LogP contribution in [-0.4, -0.2) is 0 Å². The molecule has 0 N–H and O–H groups in total. The van der Waals surface area contributed by atoms with Crippen molar-refractivity contribution in [3.63, 3.8) is 0 Å². The van der Waals surface area contributed by atoms with Gasteiger partial charge in [-0.25, -0.2) is 4.39 Å². The van der Waals surface area contributed by atoms with Crippen molar-refractivity contribution in [1.29, 1.82) is 5.26 Å². The van der Waals surface area contributed by atoms with Gasteiger partial charge in [-0.1, -0.05) is 11.6 Å². The summed E-state index contributed by atoms with van der Waals surface area (Å²) in [7, 11) is 0. The molecular weight excluding hydrogens is 256 g/mol. The summed E-state index contributed by atoms with van der Waals surface area (Å²) in [5, 5.41) is 8.46. The van der Waals surface area contributed by atoms with E-state index in [0.717, 1.165) is 6.07 Å². The van der Waals surface area contributed by atoms with Gasteiger partial charge in [-0.2, -0.15) is 5.26 Å². The van der Waals surface area contributed by atoms with Gasteiger partial charge in [-0.05, 0) is 34.0 Å². The van der Waals surface area contributed by atoms with Crippen molar-refractivity contribution in [3.05, 3.63) is 33.0 Å². The third kappa shape index (κ3) is 2.45. The summed E-state index contributed by atoms with van der Waals surface area (Å²) in [4.78, 5) is 0. The molecule has 1 nitrogen and oxygen atoms in total. The molecule has 0 amide bonds. The Morgan fingerprint density at radius 3 is 2.69 bits per heavy atom. The second-order valence-corrected chi connectivity index (χ2v) is 3.40. The highest BCUT2D eigenvalue weighted by Gasteiger charge is 2.05. The van der Waals surface area contributed by atoms with E-state index in [1.807, 2.05) is 0 Å². The Hall–Kier alpha value is -1.03. The molecule has 0 aliphatic rings. The standard InChI is InChI=1S/C9H2BrClFN/c10-8-4-6(11)5-9(12)7(8)2-1-3-13/h4-5H. The lowest BCUT2D eigenvalue weighted by molar-refractivity contribution is 0.623. The van der Waals surface area contributed by atoms with E-state index in [2.05, 4.69) is 27.8 Å². The number of rotatable bonds is 0. The van der Waals surface area contributed by atoms with E-state index < -0.39 is 5.82 Å². The SMILES string of the molecule is N#CC#Cc1c(F)cc(Cl)cc1Br. The van der Waals surface area contributed by atoms with Gasteiger partial charge in [0, 0.05) is 15.4 Å². The van der Waals surface area contributed by atoms with Crippen molar-refractivity contribution in [3.8, 4) is 17.9 Å². The van der Waals surface area contributed by atoms with Gasteiger partial charge in [0.25, 0.3) is 0 Å². The Labute approximate surface area is 88.3 Å². The molecule has 1 aromatic rings. The average molecular weight is 258 g/mol. The predicted octanol–water partition coefficient (Wildman–Crippen LogP) is 3.12. The number of nitriles is 1. The number of halogens is 3. The highest BCUT2D eigenvalue weighted by Crippen LogP contribution is 2.23. The summed E-state index contributed by atoms with van der Waals surface area (Å²) in [6, 6.07) is 4.27. The highest BCUT2D eigenvalue weighted by molar-refractivity contribution is 9.10. The van der Waals surface area contributed by atoms with Crippen molar-refractivity contribution in [2.24, 2.45) is 0 Å². The number of hydrogen-bond donors (Lipinski definition) is 0. The summed E-state index contributed by atoms with van der Waals surface area (Å²) >= 11 is 8.66. The van der Waals surface area contributed by atoms with Crippen LogP contribution in [0.15, 0.2) is 16.6 Å². The Balaban J connectivity index is 3.31. The summed E-state index contributed by atoms with van der Waals surface area (Å²) in [5.41, 5.74) is 0.144. The van der Waals surface area contributed by atoms with Gasteiger partial charge in [0.15, 0.2) is 6.07 Å². The van der Waals surface area contributed by atoms with Crippen LogP contribution in [-0.2, 0) is 0 Å². The molecule has 0 unspecified atom stereocenters. The van der Waals surface area contributed by atoms with E-state index in [1.165, 1.54) is 6.07 Å². The highest BCUT2D eigenvalue weighted by atomic mass is 79.9. The first kappa shape index (κ1) is 10.1. The van der Waals surface area contributed by atoms with E-state index in [4.69, 9.17) is 16.9 Å². The average Bonchev–Trinajstić information content (AvgIpc) is 2.02. The Kier molecular flexibility index (Phi) is 3.31. The van der Waals surface area contributed by atoms with Gasteiger partial charge in [-0.15, -0.1) is 0 Å². The van der Waals surface area contributed by atoms with E-state index in [-0.39, 0.29) is 10.6 Å². The van der Waals surface area contributed by atoms with E-state index in [0.29, 0.717) is 4.47 Å². The van der Waals surface area contributed by atoms with Crippen LogP contribution >= 0.6 is 27.5 Å². The monoisotopic (exact) mass is 257 g/mol. The molecule has 0 saturated carbocycles. The third-order valence-corrected chi connectivity index (χ3v) is 2.09. The van der Waals surface area contributed by atoms with Crippen LogP contribution in [0, 0.1) is 29.0 Å². The molecule has 0 spiro atoms. The molecule has 0 radical (unpaired) electrons. The van der Waals surface area contributed by atoms with Crippen molar-refractivity contribution in [2.45, 2.75) is 0 Å². The van der Waals surface area contributed by atoms with Gasteiger partial charge in [-0.3, -0.25) is 0 Å². The number of benzene rings is 1. The quantitative estimate of drug-likeness (QED) is 0.656. The lowest BCUT2D eigenvalue weighted by atomic mass is 10.2. The minimum atomic E-state index is -0.540. The van der Waals surface area contributed by atoms with E-state index in [9.17, 15) is 4.39 Å². The Bertz CT molecular complexity index is 416. The molecule has 1 rings (SSSR count). The normalized spacial score (nSPS) is 8.46. The number of hydrogen-bond acceptors (Lipinski definition) is 1. The van der Waals surface area contributed by atoms with Gasteiger partial charge in [0.05, 0.1) is 5.56 Å². The molecule has 0 aromatic heterocycles. The smallest absolute Gasteiger partial charge is 0.152 e.